The number of ketones is 1. The number of rotatable bonds is 13. The third-order valence-electron chi connectivity index (χ3n) is 8.59. The Kier molecular flexibility index (Phi) is 11.9. The molecule has 1 aliphatic rings. The quantitative estimate of drug-likeness (QED) is 0.242. The van der Waals surface area contributed by atoms with Crippen LogP contribution in [0.3, 0.4) is 0 Å². The van der Waals surface area contributed by atoms with Crippen LogP contribution in [-0.2, 0) is 30.3 Å². The maximum absolute atomic E-state index is 14.0. The number of thiazole rings is 1. The number of hydrogen-bond acceptors (Lipinski definition) is 9. The highest BCUT2D eigenvalue weighted by Gasteiger charge is 2.44. The van der Waals surface area contributed by atoms with E-state index in [0.717, 1.165) is 27.3 Å². The number of Topliss-reactive ketones (excluding diaryl/α,β-unsaturated/α-hetero) is 1. The number of hydrogen-bond donors (Lipinski definition) is 2. The minimum Gasteiger partial charge on any atom is -0.486 e. The molecule has 0 saturated carbocycles. The second kappa shape index (κ2) is 15.7. The maximum Gasteiger partial charge on any atom is 0.305 e. The molecule has 47 heavy (non-hydrogen) atoms. The second-order valence-corrected chi connectivity index (χ2v) is 14.0. The number of nitrogens with zero attached hydrogens (tertiary/aromatic N) is 2. The van der Waals surface area contributed by atoms with Crippen LogP contribution in [0.2, 0.25) is 0 Å². The first-order valence-corrected chi connectivity index (χ1v) is 16.7. The summed E-state index contributed by atoms with van der Waals surface area (Å²) in [5.74, 6) is -1.44. The summed E-state index contributed by atoms with van der Waals surface area (Å²) in [7, 11) is 1.35. The Morgan fingerprint density at radius 2 is 1.77 bits per heavy atom. The first kappa shape index (κ1) is 35.8. The molecule has 0 spiro atoms. The standard InChI is InChI=1S/C36H45N3O7S/c1-22(25-10-12-26(13-11-25)33-23(2)37-21-47-33)38-34(43)31-18-27(40)19-39(31)35(44)30(36(3,4)5)17-28(41)20-46-29-14-7-24(8-15-29)9-16-32(42)45-6/h7-8,10-15,21-22,27,30-31,40H,9,16-20H2,1-6H3,(H,38,43)/t22-,27+,30+,31-/m0/s1. The summed E-state index contributed by atoms with van der Waals surface area (Å²) in [5.41, 5.74) is 5.10. The van der Waals surface area contributed by atoms with Crippen molar-refractivity contribution in [3.8, 4) is 16.2 Å². The van der Waals surface area contributed by atoms with Gasteiger partial charge in [0.2, 0.25) is 11.8 Å². The topological polar surface area (TPSA) is 135 Å². The Bertz CT molecular complexity index is 1550. The molecule has 1 fully saturated rings. The van der Waals surface area contributed by atoms with Crippen molar-refractivity contribution in [2.24, 2.45) is 11.3 Å². The van der Waals surface area contributed by atoms with E-state index < -0.39 is 23.5 Å². The van der Waals surface area contributed by atoms with Crippen LogP contribution in [0.15, 0.2) is 54.0 Å². The lowest BCUT2D eigenvalue weighted by Gasteiger charge is -2.35. The van der Waals surface area contributed by atoms with Crippen LogP contribution >= 0.6 is 11.3 Å². The fraction of sp³-hybridized carbons (Fsp3) is 0.472. The Morgan fingerprint density at radius 1 is 1.09 bits per heavy atom. The Balaban J connectivity index is 1.36. The number of benzene rings is 2. The molecule has 11 heteroatoms. The number of ether oxygens (including phenoxy) is 2. The largest absolute Gasteiger partial charge is 0.486 e. The van der Waals surface area contributed by atoms with Gasteiger partial charge in [0, 0.05) is 25.8 Å². The third-order valence-corrected chi connectivity index (χ3v) is 9.56. The molecular weight excluding hydrogens is 618 g/mol. The highest BCUT2D eigenvalue weighted by molar-refractivity contribution is 7.13. The molecule has 1 aliphatic heterocycles. The van der Waals surface area contributed by atoms with E-state index in [4.69, 9.17) is 4.74 Å². The minimum atomic E-state index is -0.854. The highest BCUT2D eigenvalue weighted by atomic mass is 32.1. The molecule has 4 atom stereocenters. The first-order chi connectivity index (χ1) is 22.3. The molecule has 2 amide bonds. The lowest BCUT2D eigenvalue weighted by Crippen LogP contribution is -2.50. The van der Waals surface area contributed by atoms with Gasteiger partial charge in [0.15, 0.2) is 5.78 Å². The molecule has 1 saturated heterocycles. The van der Waals surface area contributed by atoms with E-state index in [-0.39, 0.29) is 62.0 Å². The molecule has 2 heterocycles. The van der Waals surface area contributed by atoms with Crippen molar-refractivity contribution in [1.82, 2.24) is 15.2 Å². The smallest absolute Gasteiger partial charge is 0.305 e. The Morgan fingerprint density at radius 3 is 2.36 bits per heavy atom. The number of carbonyl (C=O) groups is 4. The number of amides is 2. The van der Waals surface area contributed by atoms with Crippen molar-refractivity contribution in [3.05, 3.63) is 70.9 Å². The van der Waals surface area contributed by atoms with E-state index in [1.54, 1.807) is 23.5 Å². The van der Waals surface area contributed by atoms with Gasteiger partial charge in [0.25, 0.3) is 0 Å². The third kappa shape index (κ3) is 9.48. The molecular formula is C36H45N3O7S. The first-order valence-electron chi connectivity index (χ1n) is 15.9. The molecule has 0 bridgehead atoms. The average Bonchev–Trinajstić information content (AvgIpc) is 3.66. The maximum atomic E-state index is 14.0. The van der Waals surface area contributed by atoms with Crippen molar-refractivity contribution >= 4 is 34.9 Å². The number of likely N-dealkylation sites (tertiary alicyclic amines) is 1. The predicted molar refractivity (Wildman–Crippen MR) is 180 cm³/mol. The van der Waals surface area contributed by atoms with Crippen molar-refractivity contribution in [1.29, 1.82) is 0 Å². The van der Waals surface area contributed by atoms with Crippen molar-refractivity contribution < 1.29 is 33.8 Å². The van der Waals surface area contributed by atoms with Crippen molar-refractivity contribution in [2.75, 3.05) is 20.3 Å². The monoisotopic (exact) mass is 663 g/mol. The molecule has 252 valence electrons. The summed E-state index contributed by atoms with van der Waals surface area (Å²) in [4.78, 5) is 58.8. The molecule has 2 N–H and O–H groups in total. The van der Waals surface area contributed by atoms with Crippen LogP contribution in [0, 0.1) is 18.3 Å². The molecule has 0 aliphatic carbocycles. The second-order valence-electron chi connectivity index (χ2n) is 13.2. The van der Waals surface area contributed by atoms with E-state index in [0.29, 0.717) is 12.2 Å². The van der Waals surface area contributed by atoms with Gasteiger partial charge in [-0.05, 0) is 54.5 Å². The van der Waals surface area contributed by atoms with Crippen LogP contribution in [-0.4, -0.2) is 71.0 Å². The summed E-state index contributed by atoms with van der Waals surface area (Å²) >= 11 is 1.58. The van der Waals surface area contributed by atoms with Gasteiger partial charge in [-0.1, -0.05) is 57.2 Å². The van der Waals surface area contributed by atoms with Gasteiger partial charge < -0.3 is 24.8 Å². The molecule has 0 radical (unpaired) electrons. The summed E-state index contributed by atoms with van der Waals surface area (Å²) in [5, 5.41) is 13.6. The number of aliphatic hydroxyl groups excluding tert-OH is 1. The molecule has 3 aromatic rings. The van der Waals surface area contributed by atoms with Crippen LogP contribution in [0.25, 0.3) is 10.4 Å². The SMILES string of the molecule is COC(=O)CCc1ccc(OCC(=O)C[C@H](C(=O)N2C[C@H](O)C[C@H]2C(=O)N[C@@H](C)c2ccc(-c3scnc3C)cc2)C(C)(C)C)cc1. The van der Waals surface area contributed by atoms with Crippen molar-refractivity contribution in [2.45, 2.75) is 78.5 Å². The van der Waals surface area contributed by atoms with Gasteiger partial charge in [-0.25, -0.2) is 4.98 Å². The van der Waals surface area contributed by atoms with Crippen LogP contribution in [0.1, 0.15) is 69.8 Å². The van der Waals surface area contributed by atoms with Gasteiger partial charge in [-0.3, -0.25) is 19.2 Å². The number of aromatic nitrogens is 1. The fourth-order valence-electron chi connectivity index (χ4n) is 5.72. The Labute approximate surface area is 280 Å². The number of nitrogens with one attached hydrogen (secondary N) is 1. The lowest BCUT2D eigenvalue weighted by atomic mass is 9.77. The van der Waals surface area contributed by atoms with Crippen LogP contribution in [0.4, 0.5) is 0 Å². The van der Waals surface area contributed by atoms with E-state index in [1.807, 2.05) is 76.5 Å². The number of aliphatic hydroxyl groups is 1. The number of aryl methyl sites for hydroxylation is 2. The van der Waals surface area contributed by atoms with Crippen LogP contribution in [0.5, 0.6) is 5.75 Å². The zero-order valence-corrected chi connectivity index (χ0v) is 28.8. The fourth-order valence-corrected chi connectivity index (χ4v) is 6.53. The van der Waals surface area contributed by atoms with Gasteiger partial charge >= 0.3 is 5.97 Å². The number of β-amino-alcohol motifs (C(OH)–C–C–N with tert-alkyl or cyclic N) is 1. The summed E-state index contributed by atoms with van der Waals surface area (Å²) < 4.78 is 10.4. The average molecular weight is 664 g/mol. The summed E-state index contributed by atoms with van der Waals surface area (Å²) in [6, 6.07) is 13.9. The molecule has 0 unspecified atom stereocenters. The van der Waals surface area contributed by atoms with E-state index >= 15 is 0 Å². The molecule has 10 nitrogen and oxygen atoms in total. The number of esters is 1. The van der Waals surface area contributed by atoms with Gasteiger partial charge in [-0.2, -0.15) is 0 Å². The van der Waals surface area contributed by atoms with E-state index in [1.165, 1.54) is 12.0 Å². The van der Waals surface area contributed by atoms with E-state index in [2.05, 4.69) is 15.0 Å². The minimum absolute atomic E-state index is 0.0216. The highest BCUT2D eigenvalue weighted by Crippen LogP contribution is 2.34. The summed E-state index contributed by atoms with van der Waals surface area (Å²) in [6.45, 7) is 9.32. The lowest BCUT2D eigenvalue weighted by molar-refractivity contribution is -0.146. The van der Waals surface area contributed by atoms with Gasteiger partial charge in [-0.15, -0.1) is 11.3 Å². The zero-order chi connectivity index (χ0) is 34.3. The normalized spacial score (nSPS) is 17.6. The van der Waals surface area contributed by atoms with Gasteiger partial charge in [0.1, 0.15) is 18.4 Å². The predicted octanol–water partition coefficient (Wildman–Crippen LogP) is 5.06. The zero-order valence-electron chi connectivity index (χ0n) is 27.9. The van der Waals surface area contributed by atoms with Crippen molar-refractivity contribution in [3.63, 3.8) is 0 Å². The van der Waals surface area contributed by atoms with Crippen LogP contribution < -0.4 is 10.1 Å². The molecule has 4 rings (SSSR count). The molecule has 2 aromatic carbocycles. The number of carbonyl (C=O) groups excluding carboxylic acids is 4. The Hall–Kier alpha value is -4.09. The summed E-state index contributed by atoms with van der Waals surface area (Å²) in [6.07, 6.45) is 0.0162. The van der Waals surface area contributed by atoms with E-state index in [9.17, 15) is 24.3 Å². The number of methoxy groups -OCH3 is 1. The molecule has 1 aromatic heterocycles. The van der Waals surface area contributed by atoms with Gasteiger partial charge in [0.05, 0.1) is 41.3 Å².